The number of phosphoric acid groups is 1. The highest BCUT2D eigenvalue weighted by molar-refractivity contribution is 7.46. The maximum absolute atomic E-state index is 13.5. The van der Waals surface area contributed by atoms with Crippen molar-refractivity contribution in [1.29, 1.82) is 0 Å². The van der Waals surface area contributed by atoms with Crippen LogP contribution < -0.4 is 15.8 Å². The molecular formula is C8H10FN2O5P. The van der Waals surface area contributed by atoms with Crippen molar-refractivity contribution in [3.05, 3.63) is 29.8 Å². The van der Waals surface area contributed by atoms with Gasteiger partial charge in [0.05, 0.1) is 0 Å². The van der Waals surface area contributed by atoms with Gasteiger partial charge in [0.1, 0.15) is 5.75 Å². The molecule has 0 saturated heterocycles. The van der Waals surface area contributed by atoms with E-state index in [1.54, 1.807) is 5.43 Å². The van der Waals surface area contributed by atoms with Gasteiger partial charge in [0, 0.05) is 5.56 Å². The van der Waals surface area contributed by atoms with Crippen LogP contribution in [0.25, 0.3) is 0 Å². The molecule has 0 aliphatic rings. The second-order valence-corrected chi connectivity index (χ2v) is 4.15. The van der Waals surface area contributed by atoms with Crippen LogP contribution in [-0.2, 0) is 9.36 Å². The number of benzene rings is 1. The van der Waals surface area contributed by atoms with E-state index in [1.807, 2.05) is 0 Å². The zero-order valence-electron chi connectivity index (χ0n) is 8.41. The number of carbonyl (C=O) groups excluding carboxylic acids is 1. The van der Waals surface area contributed by atoms with Crippen LogP contribution in [0.5, 0.6) is 5.75 Å². The van der Waals surface area contributed by atoms with Gasteiger partial charge in [-0.25, -0.2) is 14.8 Å². The fourth-order valence-electron chi connectivity index (χ4n) is 1.12. The SMILES string of the molecule is NNC(=O)C(F)c1ccccc1OP(=O)(O)O. The largest absolute Gasteiger partial charge is 0.524 e. The van der Waals surface area contributed by atoms with Gasteiger partial charge < -0.3 is 4.52 Å². The van der Waals surface area contributed by atoms with Crippen LogP contribution in [0, 0.1) is 0 Å². The molecule has 1 amide bonds. The van der Waals surface area contributed by atoms with Gasteiger partial charge in [0.2, 0.25) is 6.17 Å². The monoisotopic (exact) mass is 264 g/mol. The van der Waals surface area contributed by atoms with Gasteiger partial charge in [-0.1, -0.05) is 18.2 Å². The lowest BCUT2D eigenvalue weighted by Gasteiger charge is -2.13. The summed E-state index contributed by atoms with van der Waals surface area (Å²) in [7, 11) is -4.82. The standard InChI is InChI=1S/C8H10FN2O5P/c9-7(8(12)11-10)5-3-1-2-4-6(5)16-17(13,14)15/h1-4,7H,10H2,(H,11,12)(H2,13,14,15). The Morgan fingerprint density at radius 3 is 2.59 bits per heavy atom. The highest BCUT2D eigenvalue weighted by atomic mass is 31.2. The van der Waals surface area contributed by atoms with Crippen LogP contribution in [0.2, 0.25) is 0 Å². The fourth-order valence-corrected chi connectivity index (χ4v) is 1.54. The first kappa shape index (κ1) is 13.6. The summed E-state index contributed by atoms with van der Waals surface area (Å²) in [5, 5.41) is 0. The molecule has 0 spiro atoms. The Hall–Kier alpha value is -1.47. The summed E-state index contributed by atoms with van der Waals surface area (Å²) in [5.74, 6) is 3.19. The Bertz CT molecular complexity index is 463. The van der Waals surface area contributed by atoms with Crippen LogP contribution in [0.3, 0.4) is 0 Å². The zero-order chi connectivity index (χ0) is 13.1. The van der Waals surface area contributed by atoms with Gasteiger partial charge >= 0.3 is 7.82 Å². The number of hydrazine groups is 1. The molecule has 1 atom stereocenters. The van der Waals surface area contributed by atoms with Gasteiger partial charge in [-0.15, -0.1) is 0 Å². The van der Waals surface area contributed by atoms with Gasteiger partial charge in [0.25, 0.3) is 5.91 Å². The molecule has 7 nitrogen and oxygen atoms in total. The molecule has 0 aromatic heterocycles. The molecule has 94 valence electrons. The van der Waals surface area contributed by atoms with Gasteiger partial charge in [-0.3, -0.25) is 20.0 Å². The first-order valence-electron chi connectivity index (χ1n) is 4.33. The molecule has 1 unspecified atom stereocenters. The van der Waals surface area contributed by atoms with Crippen molar-refractivity contribution < 1.29 is 28.1 Å². The predicted octanol–water partition coefficient (Wildman–Crippen LogP) is 0.159. The molecule has 9 heteroatoms. The Balaban J connectivity index is 3.08. The number of amides is 1. The molecule has 5 N–H and O–H groups in total. The summed E-state index contributed by atoms with van der Waals surface area (Å²) in [4.78, 5) is 28.2. The van der Waals surface area contributed by atoms with E-state index in [0.29, 0.717) is 0 Å². The van der Waals surface area contributed by atoms with Crippen LogP contribution in [0.4, 0.5) is 4.39 Å². The van der Waals surface area contributed by atoms with E-state index in [0.717, 1.165) is 12.1 Å². The quantitative estimate of drug-likeness (QED) is 0.266. The Morgan fingerprint density at radius 2 is 2.06 bits per heavy atom. The lowest BCUT2D eigenvalue weighted by molar-refractivity contribution is -0.126. The number of hydrogen-bond acceptors (Lipinski definition) is 4. The highest BCUT2D eigenvalue weighted by Crippen LogP contribution is 2.41. The second-order valence-electron chi connectivity index (χ2n) is 2.99. The van der Waals surface area contributed by atoms with Gasteiger partial charge in [0.15, 0.2) is 0 Å². The van der Waals surface area contributed by atoms with Crippen molar-refractivity contribution in [3.63, 3.8) is 0 Å². The summed E-state index contributed by atoms with van der Waals surface area (Å²) in [6, 6.07) is 5.05. The van der Waals surface area contributed by atoms with Crippen molar-refractivity contribution >= 4 is 13.7 Å². The van der Waals surface area contributed by atoms with E-state index in [1.165, 1.54) is 12.1 Å². The number of carbonyl (C=O) groups is 1. The van der Waals surface area contributed by atoms with E-state index in [9.17, 15) is 13.8 Å². The second kappa shape index (κ2) is 5.24. The first-order chi connectivity index (χ1) is 7.85. The van der Waals surface area contributed by atoms with Crippen LogP contribution in [0.1, 0.15) is 11.7 Å². The average Bonchev–Trinajstić information content (AvgIpc) is 2.25. The number of nitrogens with two attached hydrogens (primary N) is 1. The van der Waals surface area contributed by atoms with Crippen LogP contribution in [-0.4, -0.2) is 15.7 Å². The summed E-state index contributed by atoms with van der Waals surface area (Å²) < 4.78 is 28.4. The zero-order valence-corrected chi connectivity index (χ0v) is 9.30. The lowest BCUT2D eigenvalue weighted by Crippen LogP contribution is -2.33. The smallest absolute Gasteiger partial charge is 0.404 e. The topological polar surface area (TPSA) is 122 Å². The predicted molar refractivity (Wildman–Crippen MR) is 55.3 cm³/mol. The lowest BCUT2D eigenvalue weighted by atomic mass is 10.1. The third-order valence-corrected chi connectivity index (χ3v) is 2.22. The van der Waals surface area contributed by atoms with E-state index in [4.69, 9.17) is 15.6 Å². The molecule has 0 aliphatic heterocycles. The number of phosphoric ester groups is 1. The summed E-state index contributed by atoms with van der Waals surface area (Å²) >= 11 is 0. The maximum atomic E-state index is 13.5. The number of hydrogen-bond donors (Lipinski definition) is 4. The van der Waals surface area contributed by atoms with E-state index < -0.39 is 25.7 Å². The average molecular weight is 264 g/mol. The molecule has 0 bridgehead atoms. The minimum atomic E-state index is -4.82. The van der Waals surface area contributed by atoms with Crippen molar-refractivity contribution in [2.75, 3.05) is 0 Å². The maximum Gasteiger partial charge on any atom is 0.524 e. The Kier molecular flexibility index (Phi) is 4.19. The molecule has 0 saturated carbocycles. The number of para-hydroxylation sites is 1. The molecule has 17 heavy (non-hydrogen) atoms. The molecule has 1 aromatic rings. The van der Waals surface area contributed by atoms with Crippen LogP contribution >= 0.6 is 7.82 Å². The van der Waals surface area contributed by atoms with E-state index in [2.05, 4.69) is 4.52 Å². The van der Waals surface area contributed by atoms with Gasteiger partial charge in [-0.2, -0.15) is 0 Å². The summed E-state index contributed by atoms with van der Waals surface area (Å²) in [6.07, 6.45) is -2.18. The van der Waals surface area contributed by atoms with E-state index in [-0.39, 0.29) is 5.56 Å². The normalized spacial score (nSPS) is 12.9. The minimum Gasteiger partial charge on any atom is -0.404 e. The number of nitrogens with one attached hydrogen (secondary N) is 1. The fraction of sp³-hybridized carbons (Fsp3) is 0.125. The molecule has 0 heterocycles. The molecule has 0 fully saturated rings. The third-order valence-electron chi connectivity index (χ3n) is 1.78. The van der Waals surface area contributed by atoms with E-state index >= 15 is 0 Å². The van der Waals surface area contributed by atoms with Crippen LogP contribution in [0.15, 0.2) is 24.3 Å². The van der Waals surface area contributed by atoms with Crippen molar-refractivity contribution in [3.8, 4) is 5.75 Å². The number of rotatable bonds is 4. The minimum absolute atomic E-state index is 0.321. The Labute approximate surface area is 95.6 Å². The highest BCUT2D eigenvalue weighted by Gasteiger charge is 2.26. The van der Waals surface area contributed by atoms with Gasteiger partial charge in [-0.05, 0) is 6.07 Å². The molecular weight excluding hydrogens is 254 g/mol. The van der Waals surface area contributed by atoms with Crippen molar-refractivity contribution in [2.24, 2.45) is 5.84 Å². The molecule has 0 radical (unpaired) electrons. The van der Waals surface area contributed by atoms with Crippen molar-refractivity contribution in [1.82, 2.24) is 5.43 Å². The third kappa shape index (κ3) is 3.79. The summed E-state index contributed by atoms with van der Waals surface area (Å²) in [6.45, 7) is 0. The van der Waals surface area contributed by atoms with Crippen molar-refractivity contribution in [2.45, 2.75) is 6.17 Å². The first-order valence-corrected chi connectivity index (χ1v) is 5.87. The Morgan fingerprint density at radius 1 is 1.47 bits per heavy atom. The molecule has 1 aromatic carbocycles. The number of alkyl halides is 1. The molecule has 1 rings (SSSR count). The molecule has 0 aliphatic carbocycles. The number of halogens is 1. The summed E-state index contributed by atoms with van der Waals surface area (Å²) in [5.41, 5.74) is 1.27.